The summed E-state index contributed by atoms with van der Waals surface area (Å²) in [5, 5.41) is 0. The van der Waals surface area contributed by atoms with E-state index in [0.29, 0.717) is 24.9 Å². The van der Waals surface area contributed by atoms with Crippen LogP contribution in [-0.2, 0) is 9.53 Å². The largest absolute Gasteiger partial charge is 0.454 e. The van der Waals surface area contributed by atoms with Gasteiger partial charge in [-0.25, -0.2) is 4.79 Å². The molecule has 1 rings (SSSR count). The van der Waals surface area contributed by atoms with Crippen molar-refractivity contribution in [1.29, 1.82) is 0 Å². The molecule has 0 aliphatic rings. The number of hydrogen-bond acceptors (Lipinski definition) is 4. The highest BCUT2D eigenvalue weighted by atomic mass is 16.5. The van der Waals surface area contributed by atoms with Crippen molar-refractivity contribution in [2.75, 3.05) is 13.2 Å². The maximum absolute atomic E-state index is 12.1. The van der Waals surface area contributed by atoms with E-state index in [1.165, 1.54) is 0 Å². The van der Waals surface area contributed by atoms with Crippen molar-refractivity contribution < 1.29 is 19.3 Å². The van der Waals surface area contributed by atoms with E-state index in [9.17, 15) is 9.59 Å². The van der Waals surface area contributed by atoms with Gasteiger partial charge in [0.2, 0.25) is 0 Å². The van der Waals surface area contributed by atoms with Gasteiger partial charge in [0.05, 0.1) is 18.2 Å². The number of guanidine groups is 1. The summed E-state index contributed by atoms with van der Waals surface area (Å²) < 4.78 is 5.09. The van der Waals surface area contributed by atoms with Crippen molar-refractivity contribution in [3.8, 4) is 0 Å². The molecule has 23 heavy (non-hydrogen) atoms. The Hall–Kier alpha value is -2.41. The zero-order valence-electron chi connectivity index (χ0n) is 13.6. The summed E-state index contributed by atoms with van der Waals surface area (Å²) in [6, 6.07) is 4.83. The van der Waals surface area contributed by atoms with Crippen LogP contribution in [0.1, 0.15) is 34.3 Å². The first-order valence-electron chi connectivity index (χ1n) is 7.46. The maximum Gasteiger partial charge on any atom is 0.339 e. The molecule has 0 aliphatic carbocycles. The van der Waals surface area contributed by atoms with E-state index in [-0.39, 0.29) is 18.3 Å². The van der Waals surface area contributed by atoms with Gasteiger partial charge in [-0.1, -0.05) is 18.2 Å². The van der Waals surface area contributed by atoms with Gasteiger partial charge in [-0.2, -0.15) is 0 Å². The second-order valence-electron chi connectivity index (χ2n) is 5.44. The molecule has 1 aromatic rings. The number of aryl methyl sites for hydroxylation is 2. The zero-order chi connectivity index (χ0) is 17.4. The second-order valence-corrected chi connectivity index (χ2v) is 5.44. The Morgan fingerprint density at radius 1 is 1.22 bits per heavy atom. The normalized spacial score (nSPS) is 11.6. The third kappa shape index (κ3) is 6.07. The molecular formula is C16H25N4O3+. The Labute approximate surface area is 135 Å². The van der Waals surface area contributed by atoms with Gasteiger partial charge in [0.15, 0.2) is 12.4 Å². The van der Waals surface area contributed by atoms with Crippen LogP contribution >= 0.6 is 0 Å². The molecule has 1 atom stereocenters. The standard InChI is InChI=1S/C16H24N4O3/c1-10-5-3-6-11(2)14(10)15(22)23-9-13(21)12(17)7-4-8-20-16(18)19/h3,5-6,12H,4,7-9,17H2,1-2H3,(H4,18,19,20)/p+1/t12-/m0/s1. The third-order valence-corrected chi connectivity index (χ3v) is 3.47. The highest BCUT2D eigenvalue weighted by molar-refractivity contribution is 5.95. The number of hydrogen-bond donors (Lipinski definition) is 4. The Morgan fingerprint density at radius 3 is 2.39 bits per heavy atom. The van der Waals surface area contributed by atoms with Gasteiger partial charge < -0.3 is 10.5 Å². The van der Waals surface area contributed by atoms with Crippen molar-refractivity contribution in [2.45, 2.75) is 32.7 Å². The van der Waals surface area contributed by atoms with Crippen LogP contribution in [-0.4, -0.2) is 36.9 Å². The minimum Gasteiger partial charge on any atom is -0.454 e. The summed E-state index contributed by atoms with van der Waals surface area (Å²) in [5.41, 5.74) is 18.4. The SMILES string of the molecule is Cc1cccc(C)c1C(=O)OCC(=O)[C@@H](N)CCC[NH+]=C(N)N. The van der Waals surface area contributed by atoms with Crippen LogP contribution < -0.4 is 22.2 Å². The molecule has 0 unspecified atom stereocenters. The van der Waals surface area contributed by atoms with Gasteiger partial charge in [0.25, 0.3) is 0 Å². The fraction of sp³-hybridized carbons (Fsp3) is 0.438. The molecule has 0 spiro atoms. The molecule has 7 N–H and O–H groups in total. The Kier molecular flexibility index (Phi) is 7.21. The summed E-state index contributed by atoms with van der Waals surface area (Å²) in [5.74, 6) is -0.685. The molecule has 0 aliphatic heterocycles. The number of benzene rings is 1. The molecule has 0 amide bonds. The first-order chi connectivity index (χ1) is 10.8. The number of carbonyl (C=O) groups is 2. The van der Waals surface area contributed by atoms with Crippen LogP contribution in [0.25, 0.3) is 0 Å². The van der Waals surface area contributed by atoms with Crippen molar-refractivity contribution in [2.24, 2.45) is 17.2 Å². The van der Waals surface area contributed by atoms with Crippen LogP contribution in [0, 0.1) is 13.8 Å². The van der Waals surface area contributed by atoms with Gasteiger partial charge in [0, 0.05) is 0 Å². The van der Waals surface area contributed by atoms with Gasteiger partial charge in [-0.05, 0) is 37.8 Å². The molecule has 0 heterocycles. The fourth-order valence-corrected chi connectivity index (χ4v) is 2.17. The summed E-state index contributed by atoms with van der Waals surface area (Å²) >= 11 is 0. The van der Waals surface area contributed by atoms with E-state index < -0.39 is 12.0 Å². The summed E-state index contributed by atoms with van der Waals surface area (Å²) in [6.45, 7) is 3.85. The van der Waals surface area contributed by atoms with E-state index >= 15 is 0 Å². The zero-order valence-corrected chi connectivity index (χ0v) is 13.6. The second kappa shape index (κ2) is 8.89. The van der Waals surface area contributed by atoms with Crippen LogP contribution in [0.4, 0.5) is 0 Å². The molecule has 0 saturated carbocycles. The number of ether oxygens (including phenoxy) is 1. The molecule has 7 heteroatoms. The predicted molar refractivity (Wildman–Crippen MR) is 87.6 cm³/mol. The van der Waals surface area contributed by atoms with Gasteiger partial charge in [0.1, 0.15) is 0 Å². The number of ketones is 1. The lowest BCUT2D eigenvalue weighted by Gasteiger charge is -2.12. The quantitative estimate of drug-likeness (QED) is 0.199. The summed E-state index contributed by atoms with van der Waals surface area (Å²) in [6.07, 6.45) is 1.09. The van der Waals surface area contributed by atoms with E-state index in [4.69, 9.17) is 21.9 Å². The van der Waals surface area contributed by atoms with Gasteiger partial charge in [-0.15, -0.1) is 0 Å². The lowest BCUT2D eigenvalue weighted by molar-refractivity contribution is -0.459. The van der Waals surface area contributed by atoms with Crippen LogP contribution in [0.3, 0.4) is 0 Å². The van der Waals surface area contributed by atoms with E-state index in [2.05, 4.69) is 4.99 Å². The molecule has 126 valence electrons. The first-order valence-corrected chi connectivity index (χ1v) is 7.46. The minimum absolute atomic E-state index is 0.132. The number of nitrogens with one attached hydrogen (secondary N) is 1. The van der Waals surface area contributed by atoms with Crippen LogP contribution in [0.2, 0.25) is 0 Å². The molecule has 0 saturated heterocycles. The van der Waals surface area contributed by atoms with Crippen LogP contribution in [0.5, 0.6) is 0 Å². The van der Waals surface area contributed by atoms with E-state index in [0.717, 1.165) is 11.1 Å². The third-order valence-electron chi connectivity index (χ3n) is 3.47. The van der Waals surface area contributed by atoms with Crippen molar-refractivity contribution in [3.63, 3.8) is 0 Å². The van der Waals surface area contributed by atoms with Crippen molar-refractivity contribution in [1.82, 2.24) is 0 Å². The maximum atomic E-state index is 12.1. The highest BCUT2D eigenvalue weighted by Crippen LogP contribution is 2.14. The van der Waals surface area contributed by atoms with Crippen molar-refractivity contribution >= 4 is 17.7 Å². The lowest BCUT2D eigenvalue weighted by Crippen LogP contribution is -2.78. The topological polar surface area (TPSA) is 135 Å². The molecule has 7 nitrogen and oxygen atoms in total. The summed E-state index contributed by atoms with van der Waals surface area (Å²) in [7, 11) is 0. The Morgan fingerprint density at radius 2 is 1.83 bits per heavy atom. The average Bonchev–Trinajstić information content (AvgIpc) is 2.48. The molecule has 0 bridgehead atoms. The highest BCUT2D eigenvalue weighted by Gasteiger charge is 2.18. The smallest absolute Gasteiger partial charge is 0.339 e. The average molecular weight is 321 g/mol. The fourth-order valence-electron chi connectivity index (χ4n) is 2.17. The minimum atomic E-state index is -0.679. The van der Waals surface area contributed by atoms with Gasteiger partial charge >= 0.3 is 11.9 Å². The predicted octanol–water partition coefficient (Wildman–Crippen LogP) is -1.51. The number of esters is 1. The van der Waals surface area contributed by atoms with Crippen LogP contribution in [0.15, 0.2) is 18.2 Å². The number of carbonyl (C=O) groups excluding carboxylic acids is 2. The number of rotatable bonds is 8. The molecule has 0 aromatic heterocycles. The lowest BCUT2D eigenvalue weighted by atomic mass is 10.0. The Balaban J connectivity index is 2.46. The van der Waals surface area contributed by atoms with Crippen molar-refractivity contribution in [3.05, 3.63) is 34.9 Å². The first kappa shape index (κ1) is 18.6. The van der Waals surface area contributed by atoms with Gasteiger partial charge in [-0.3, -0.25) is 21.3 Å². The summed E-state index contributed by atoms with van der Waals surface area (Å²) in [4.78, 5) is 26.7. The molecule has 0 fully saturated rings. The molecule has 1 aromatic carbocycles. The monoisotopic (exact) mass is 321 g/mol. The Bertz CT molecular complexity index is 575. The van der Waals surface area contributed by atoms with E-state index in [1.807, 2.05) is 32.0 Å². The number of nitrogens with two attached hydrogens (primary N) is 3. The molecular weight excluding hydrogens is 296 g/mol. The number of Topliss-reactive ketones (excluding diaryl/α,β-unsaturated/α-hetero) is 1. The molecule has 0 radical (unpaired) electrons. The van der Waals surface area contributed by atoms with E-state index in [1.54, 1.807) is 0 Å².